The molecule has 118 valence electrons. The molecule has 1 N–H and O–H groups in total. The zero-order valence-electron chi connectivity index (χ0n) is 12.9. The van der Waals surface area contributed by atoms with Gasteiger partial charge in [0.2, 0.25) is 0 Å². The lowest BCUT2D eigenvalue weighted by molar-refractivity contribution is 0.0723. The number of H-pyrrole nitrogens is 1. The summed E-state index contributed by atoms with van der Waals surface area (Å²) in [6.45, 7) is 3.46. The van der Waals surface area contributed by atoms with Gasteiger partial charge in [0.05, 0.1) is 36.1 Å². The van der Waals surface area contributed by atoms with Gasteiger partial charge in [0, 0.05) is 18.1 Å². The van der Waals surface area contributed by atoms with Crippen LogP contribution in [0.15, 0.2) is 30.7 Å². The molecule has 2 aromatic heterocycles. The van der Waals surface area contributed by atoms with E-state index in [0.29, 0.717) is 12.1 Å². The molecule has 0 unspecified atom stereocenters. The number of nitrogens with zero attached hydrogens (tertiary/aromatic N) is 5. The highest BCUT2D eigenvalue weighted by Crippen LogP contribution is 2.25. The summed E-state index contributed by atoms with van der Waals surface area (Å²) in [4.78, 5) is 15.0. The van der Waals surface area contributed by atoms with Crippen molar-refractivity contribution in [3.05, 3.63) is 41.9 Å². The minimum atomic E-state index is 0.0607. The third-order valence-electron chi connectivity index (χ3n) is 4.43. The first-order valence-electron chi connectivity index (χ1n) is 7.81. The van der Waals surface area contributed by atoms with Crippen LogP contribution in [0.25, 0.3) is 10.9 Å². The highest BCUT2D eigenvalue weighted by atomic mass is 16.2. The Morgan fingerprint density at radius 2 is 2.35 bits per heavy atom. The Balaban J connectivity index is 1.65. The van der Waals surface area contributed by atoms with E-state index in [1.54, 1.807) is 17.1 Å². The van der Waals surface area contributed by atoms with E-state index < -0.39 is 0 Å². The van der Waals surface area contributed by atoms with Crippen molar-refractivity contribution >= 4 is 16.8 Å². The Labute approximate surface area is 133 Å². The smallest absolute Gasteiger partial charge is 0.256 e. The molecule has 0 saturated carbocycles. The lowest BCUT2D eigenvalue weighted by atomic mass is 10.1. The molecule has 0 bridgehead atoms. The fourth-order valence-electron chi connectivity index (χ4n) is 3.37. The van der Waals surface area contributed by atoms with Gasteiger partial charge in [0.25, 0.3) is 5.91 Å². The predicted molar refractivity (Wildman–Crippen MR) is 84.9 cm³/mol. The van der Waals surface area contributed by atoms with Gasteiger partial charge < -0.3 is 4.90 Å². The zero-order chi connectivity index (χ0) is 15.8. The minimum absolute atomic E-state index is 0.0607. The molecule has 1 amide bonds. The molecule has 4 rings (SSSR count). The van der Waals surface area contributed by atoms with Gasteiger partial charge in [-0.2, -0.15) is 5.10 Å². The number of hydrogen-bond acceptors (Lipinski definition) is 4. The van der Waals surface area contributed by atoms with E-state index in [0.717, 1.165) is 35.9 Å². The van der Waals surface area contributed by atoms with Crippen LogP contribution in [0.1, 0.15) is 28.8 Å². The summed E-state index contributed by atoms with van der Waals surface area (Å²) in [6, 6.07) is 4.13. The molecular weight excluding hydrogens is 292 g/mol. The molecule has 1 aromatic carbocycles. The van der Waals surface area contributed by atoms with Crippen molar-refractivity contribution < 1.29 is 4.79 Å². The maximum Gasteiger partial charge on any atom is 0.256 e. The standard InChI is InChI=1S/C16H18N6O/c1-11-7-12-9-18-19-15(12)14(8-11)16(23)22-5-2-3-13(22)10-21-6-4-17-20-21/h4,6-9,13H,2-3,5,10H2,1H3,(H,18,19)/t13-/m0/s1. The van der Waals surface area contributed by atoms with E-state index in [1.807, 2.05) is 30.2 Å². The van der Waals surface area contributed by atoms with Gasteiger partial charge in [-0.05, 0) is 37.5 Å². The number of likely N-dealkylation sites (tertiary alicyclic amines) is 1. The first-order valence-corrected chi connectivity index (χ1v) is 7.81. The van der Waals surface area contributed by atoms with Crippen molar-refractivity contribution in [2.24, 2.45) is 0 Å². The Kier molecular flexibility index (Phi) is 3.33. The largest absolute Gasteiger partial charge is 0.334 e. The summed E-state index contributed by atoms with van der Waals surface area (Å²) in [5.41, 5.74) is 2.57. The quantitative estimate of drug-likeness (QED) is 0.799. The van der Waals surface area contributed by atoms with Gasteiger partial charge in [0.15, 0.2) is 0 Å². The summed E-state index contributed by atoms with van der Waals surface area (Å²) in [7, 11) is 0. The molecule has 3 aromatic rings. The number of aryl methyl sites for hydroxylation is 1. The molecule has 0 radical (unpaired) electrons. The summed E-state index contributed by atoms with van der Waals surface area (Å²) in [5, 5.41) is 15.9. The van der Waals surface area contributed by atoms with Crippen LogP contribution in [-0.4, -0.2) is 48.6 Å². The average Bonchev–Trinajstić information content (AvgIpc) is 3.26. The molecule has 1 atom stereocenters. The van der Waals surface area contributed by atoms with Gasteiger partial charge in [-0.3, -0.25) is 14.6 Å². The fraction of sp³-hybridized carbons (Fsp3) is 0.375. The van der Waals surface area contributed by atoms with Gasteiger partial charge in [0.1, 0.15) is 0 Å². The third-order valence-corrected chi connectivity index (χ3v) is 4.43. The number of aromatic amines is 1. The van der Waals surface area contributed by atoms with Gasteiger partial charge in [-0.1, -0.05) is 5.21 Å². The normalized spacial score (nSPS) is 18.0. The van der Waals surface area contributed by atoms with Crippen LogP contribution in [0.3, 0.4) is 0 Å². The molecule has 0 aliphatic carbocycles. The molecule has 0 spiro atoms. The van der Waals surface area contributed by atoms with Crippen molar-refractivity contribution in [1.82, 2.24) is 30.1 Å². The number of fused-ring (bicyclic) bond motifs is 1. The summed E-state index contributed by atoms with van der Waals surface area (Å²) < 4.78 is 1.79. The van der Waals surface area contributed by atoms with Crippen LogP contribution in [0.5, 0.6) is 0 Å². The molecule has 23 heavy (non-hydrogen) atoms. The second kappa shape index (κ2) is 5.49. The van der Waals surface area contributed by atoms with E-state index in [2.05, 4.69) is 20.5 Å². The molecule has 7 heteroatoms. The van der Waals surface area contributed by atoms with Crippen molar-refractivity contribution in [2.75, 3.05) is 6.54 Å². The number of carbonyl (C=O) groups excluding carboxylic acids is 1. The van der Waals surface area contributed by atoms with Gasteiger partial charge in [-0.25, -0.2) is 0 Å². The second-order valence-electron chi connectivity index (χ2n) is 6.07. The number of aromatic nitrogens is 5. The van der Waals surface area contributed by atoms with Crippen LogP contribution >= 0.6 is 0 Å². The van der Waals surface area contributed by atoms with E-state index in [1.165, 1.54) is 0 Å². The maximum atomic E-state index is 13.1. The molecule has 3 heterocycles. The lowest BCUT2D eigenvalue weighted by Gasteiger charge is -2.25. The Hall–Kier alpha value is -2.70. The van der Waals surface area contributed by atoms with E-state index in [9.17, 15) is 4.79 Å². The van der Waals surface area contributed by atoms with Crippen molar-refractivity contribution in [1.29, 1.82) is 0 Å². The second-order valence-corrected chi connectivity index (χ2v) is 6.07. The topological polar surface area (TPSA) is 79.7 Å². The van der Waals surface area contributed by atoms with Gasteiger partial charge >= 0.3 is 0 Å². The monoisotopic (exact) mass is 310 g/mol. The first-order chi connectivity index (χ1) is 11.2. The fourth-order valence-corrected chi connectivity index (χ4v) is 3.37. The first kappa shape index (κ1) is 13.9. The zero-order valence-corrected chi connectivity index (χ0v) is 12.9. The third kappa shape index (κ3) is 2.48. The SMILES string of the molecule is Cc1cc(C(=O)N2CCC[C@H]2Cn2ccnn2)c2[nH]ncc2c1. The molecule has 1 aliphatic rings. The molecule has 1 aliphatic heterocycles. The number of amides is 1. The van der Waals surface area contributed by atoms with Crippen LogP contribution in [0.4, 0.5) is 0 Å². The maximum absolute atomic E-state index is 13.1. The lowest BCUT2D eigenvalue weighted by Crippen LogP contribution is -2.38. The average molecular weight is 310 g/mol. The number of hydrogen-bond donors (Lipinski definition) is 1. The molecule has 7 nitrogen and oxygen atoms in total. The van der Waals surface area contributed by atoms with Crippen LogP contribution in [0, 0.1) is 6.92 Å². The summed E-state index contributed by atoms with van der Waals surface area (Å²) in [6.07, 6.45) is 7.26. The Bertz CT molecular complexity index is 838. The predicted octanol–water partition coefficient (Wildman–Crippen LogP) is 1.77. The van der Waals surface area contributed by atoms with Crippen molar-refractivity contribution in [2.45, 2.75) is 32.4 Å². The summed E-state index contributed by atoms with van der Waals surface area (Å²) >= 11 is 0. The molecular formula is C16H18N6O. The highest BCUT2D eigenvalue weighted by molar-refractivity contribution is 6.05. The number of benzene rings is 1. The number of carbonyl (C=O) groups is 1. The van der Waals surface area contributed by atoms with Crippen molar-refractivity contribution in [3.8, 4) is 0 Å². The van der Waals surface area contributed by atoms with Crippen LogP contribution in [-0.2, 0) is 6.54 Å². The van der Waals surface area contributed by atoms with Crippen molar-refractivity contribution in [3.63, 3.8) is 0 Å². The summed E-state index contributed by atoms with van der Waals surface area (Å²) in [5.74, 6) is 0.0607. The molecule has 1 fully saturated rings. The van der Waals surface area contributed by atoms with E-state index in [-0.39, 0.29) is 11.9 Å². The number of rotatable bonds is 3. The molecule has 1 saturated heterocycles. The Morgan fingerprint density at radius 1 is 1.43 bits per heavy atom. The minimum Gasteiger partial charge on any atom is -0.334 e. The van der Waals surface area contributed by atoms with E-state index >= 15 is 0 Å². The Morgan fingerprint density at radius 3 is 3.17 bits per heavy atom. The van der Waals surface area contributed by atoms with Crippen LogP contribution < -0.4 is 0 Å². The highest BCUT2D eigenvalue weighted by Gasteiger charge is 2.31. The van der Waals surface area contributed by atoms with Gasteiger partial charge in [-0.15, -0.1) is 5.10 Å². The number of nitrogens with one attached hydrogen (secondary N) is 1. The van der Waals surface area contributed by atoms with E-state index in [4.69, 9.17) is 0 Å². The van der Waals surface area contributed by atoms with Crippen LogP contribution in [0.2, 0.25) is 0 Å².